The van der Waals surface area contributed by atoms with Crippen LogP contribution >= 0.6 is 0 Å². The number of anilines is 3. The number of nitrogens with one attached hydrogen (secondary N) is 3. The molecule has 10 heteroatoms. The number of carbonyl (C=O) groups is 2. The van der Waals surface area contributed by atoms with Crippen molar-refractivity contribution < 1.29 is 14.3 Å². The number of piperidine rings is 1. The third kappa shape index (κ3) is 7.74. The summed E-state index contributed by atoms with van der Waals surface area (Å²) in [7, 11) is 0. The molecule has 40 heavy (non-hydrogen) atoms. The number of aryl methyl sites for hydroxylation is 1. The smallest absolute Gasteiger partial charge is 0.410 e. The van der Waals surface area contributed by atoms with Gasteiger partial charge in [-0.25, -0.2) is 19.3 Å². The number of likely N-dealkylation sites (tertiary alicyclic amines) is 1. The van der Waals surface area contributed by atoms with Crippen LogP contribution in [0.5, 0.6) is 0 Å². The third-order valence-corrected chi connectivity index (χ3v) is 6.52. The first-order valence-corrected chi connectivity index (χ1v) is 13.7. The Balaban J connectivity index is 1.33. The van der Waals surface area contributed by atoms with Gasteiger partial charge in [-0.05, 0) is 64.8 Å². The van der Waals surface area contributed by atoms with Crippen molar-refractivity contribution in [2.45, 2.75) is 78.4 Å². The van der Waals surface area contributed by atoms with E-state index < -0.39 is 5.60 Å². The number of amides is 3. The van der Waals surface area contributed by atoms with Gasteiger partial charge in [0, 0.05) is 30.6 Å². The van der Waals surface area contributed by atoms with Crippen molar-refractivity contribution in [2.24, 2.45) is 0 Å². The predicted octanol–water partition coefficient (Wildman–Crippen LogP) is 6.33. The second kappa shape index (κ2) is 11.6. The molecule has 3 amide bonds. The highest BCUT2D eigenvalue weighted by Gasteiger charge is 2.27. The topological polar surface area (TPSA) is 113 Å². The summed E-state index contributed by atoms with van der Waals surface area (Å²) in [5.41, 5.74) is 2.78. The zero-order valence-corrected chi connectivity index (χ0v) is 24.5. The second-order valence-electron chi connectivity index (χ2n) is 12.3. The Kier molecular flexibility index (Phi) is 8.37. The maximum Gasteiger partial charge on any atom is 0.410 e. The normalized spacial score (nSPS) is 14.5. The number of rotatable bonds is 5. The number of hydrogen-bond acceptors (Lipinski definition) is 6. The molecule has 2 aromatic heterocycles. The van der Waals surface area contributed by atoms with Crippen LogP contribution in [0.1, 0.15) is 65.6 Å². The summed E-state index contributed by atoms with van der Waals surface area (Å²) < 4.78 is 7.22. The minimum Gasteiger partial charge on any atom is -0.444 e. The molecule has 0 atom stereocenters. The van der Waals surface area contributed by atoms with E-state index in [9.17, 15) is 9.59 Å². The maximum atomic E-state index is 12.9. The van der Waals surface area contributed by atoms with E-state index in [1.165, 1.54) is 0 Å². The van der Waals surface area contributed by atoms with E-state index >= 15 is 0 Å². The van der Waals surface area contributed by atoms with Crippen LogP contribution < -0.4 is 16.0 Å². The first kappa shape index (κ1) is 28.9. The van der Waals surface area contributed by atoms with Gasteiger partial charge < -0.3 is 20.3 Å². The lowest BCUT2D eigenvalue weighted by atomic mass is 9.92. The Labute approximate surface area is 236 Å². The molecule has 1 fully saturated rings. The minimum absolute atomic E-state index is 0.179. The van der Waals surface area contributed by atoms with Gasteiger partial charge in [0.05, 0.1) is 23.3 Å². The quantitative estimate of drug-likeness (QED) is 0.344. The van der Waals surface area contributed by atoms with Crippen molar-refractivity contribution in [1.29, 1.82) is 0 Å². The molecule has 3 heterocycles. The molecule has 3 N–H and O–H groups in total. The molecule has 0 aliphatic carbocycles. The van der Waals surface area contributed by atoms with E-state index in [-0.39, 0.29) is 23.6 Å². The minimum atomic E-state index is -0.500. The summed E-state index contributed by atoms with van der Waals surface area (Å²) in [6.07, 6.45) is 2.95. The molecule has 10 nitrogen and oxygen atoms in total. The molecule has 1 aliphatic heterocycles. The molecule has 4 rings (SSSR count). The molecule has 0 unspecified atom stereocenters. The summed E-state index contributed by atoms with van der Waals surface area (Å²) in [4.78, 5) is 31.4. The Hall–Kier alpha value is -4.08. The van der Waals surface area contributed by atoms with Crippen molar-refractivity contribution in [1.82, 2.24) is 19.7 Å². The zero-order valence-electron chi connectivity index (χ0n) is 24.5. The largest absolute Gasteiger partial charge is 0.444 e. The summed E-state index contributed by atoms with van der Waals surface area (Å²) in [6, 6.07) is 13.4. The van der Waals surface area contributed by atoms with Gasteiger partial charge in [0.25, 0.3) is 0 Å². The Morgan fingerprint density at radius 1 is 0.950 bits per heavy atom. The first-order valence-electron chi connectivity index (χ1n) is 13.7. The van der Waals surface area contributed by atoms with Gasteiger partial charge in [0.2, 0.25) is 0 Å². The van der Waals surface area contributed by atoms with Crippen LogP contribution in [0.3, 0.4) is 0 Å². The molecule has 0 saturated carbocycles. The van der Waals surface area contributed by atoms with E-state index in [1.807, 2.05) is 70.2 Å². The van der Waals surface area contributed by atoms with E-state index in [0.717, 1.165) is 29.8 Å². The summed E-state index contributed by atoms with van der Waals surface area (Å²) >= 11 is 0. The highest BCUT2D eigenvalue weighted by atomic mass is 16.6. The van der Waals surface area contributed by atoms with Crippen LogP contribution in [-0.2, 0) is 10.2 Å². The van der Waals surface area contributed by atoms with Crippen LogP contribution in [-0.4, -0.2) is 56.5 Å². The second-order valence-corrected chi connectivity index (χ2v) is 12.3. The van der Waals surface area contributed by atoms with Gasteiger partial charge in [-0.2, -0.15) is 5.10 Å². The Morgan fingerprint density at radius 2 is 1.62 bits per heavy atom. The molecule has 0 spiro atoms. The fourth-order valence-electron chi connectivity index (χ4n) is 4.29. The van der Waals surface area contributed by atoms with Crippen molar-refractivity contribution >= 4 is 29.4 Å². The highest BCUT2D eigenvalue weighted by Crippen LogP contribution is 2.27. The lowest BCUT2D eigenvalue weighted by Gasteiger charge is -2.33. The van der Waals surface area contributed by atoms with E-state index in [2.05, 4.69) is 41.7 Å². The van der Waals surface area contributed by atoms with E-state index in [0.29, 0.717) is 30.4 Å². The zero-order chi connectivity index (χ0) is 29.1. The number of pyridine rings is 1. The SMILES string of the molecule is Cc1ccc(-n2nc(C(C)(C)C)cc2NC(=O)Nc2ccc(NC3CCN(C(=O)OC(C)(C)C)CC3)nc2)cc1. The number of hydrogen-bond donors (Lipinski definition) is 3. The average molecular weight is 548 g/mol. The molecule has 1 saturated heterocycles. The standard InChI is InChI=1S/C30H41N7O3/c1-20-8-11-23(12-9-20)37-26(18-24(35-37)29(2,3)4)34-27(38)33-22-10-13-25(31-19-22)32-21-14-16-36(17-15-21)28(39)40-30(5,6)7/h8-13,18-19,21H,14-17H2,1-7H3,(H,31,32)(H2,33,34,38). The number of urea groups is 1. The number of carbonyl (C=O) groups excluding carboxylic acids is 2. The van der Waals surface area contributed by atoms with Crippen LogP contribution in [0, 0.1) is 6.92 Å². The number of ether oxygens (including phenoxy) is 1. The lowest BCUT2D eigenvalue weighted by Crippen LogP contribution is -2.44. The molecule has 214 valence electrons. The maximum absolute atomic E-state index is 12.9. The predicted molar refractivity (Wildman–Crippen MR) is 158 cm³/mol. The van der Waals surface area contributed by atoms with Crippen molar-refractivity contribution in [3.05, 3.63) is 59.9 Å². The van der Waals surface area contributed by atoms with Crippen molar-refractivity contribution in [3.8, 4) is 5.69 Å². The summed E-state index contributed by atoms with van der Waals surface area (Å²) in [6.45, 7) is 15.2. The van der Waals surface area contributed by atoms with Gasteiger partial charge in [0.15, 0.2) is 0 Å². The highest BCUT2D eigenvalue weighted by molar-refractivity contribution is 5.99. The van der Waals surface area contributed by atoms with Crippen LogP contribution in [0.15, 0.2) is 48.7 Å². The number of benzene rings is 1. The van der Waals surface area contributed by atoms with Gasteiger partial charge in [-0.1, -0.05) is 38.5 Å². The average Bonchev–Trinajstić information content (AvgIpc) is 3.29. The lowest BCUT2D eigenvalue weighted by molar-refractivity contribution is 0.0210. The van der Waals surface area contributed by atoms with Gasteiger partial charge >= 0.3 is 12.1 Å². The summed E-state index contributed by atoms with van der Waals surface area (Å²) in [5, 5.41) is 14.0. The molecule has 0 radical (unpaired) electrons. The van der Waals surface area contributed by atoms with Gasteiger partial charge in [0.1, 0.15) is 17.2 Å². The van der Waals surface area contributed by atoms with Crippen molar-refractivity contribution in [2.75, 3.05) is 29.0 Å². The van der Waals surface area contributed by atoms with Gasteiger partial charge in [-0.3, -0.25) is 5.32 Å². The van der Waals surface area contributed by atoms with Crippen molar-refractivity contribution in [3.63, 3.8) is 0 Å². The monoisotopic (exact) mass is 547 g/mol. The molecule has 3 aromatic rings. The Morgan fingerprint density at radius 3 is 2.20 bits per heavy atom. The van der Waals surface area contributed by atoms with E-state index in [1.54, 1.807) is 15.8 Å². The summed E-state index contributed by atoms with van der Waals surface area (Å²) in [5.74, 6) is 1.30. The number of aromatic nitrogens is 3. The molecule has 1 aliphatic rings. The van der Waals surface area contributed by atoms with Gasteiger partial charge in [-0.15, -0.1) is 0 Å². The molecule has 1 aromatic carbocycles. The van der Waals surface area contributed by atoms with Crippen LogP contribution in [0.25, 0.3) is 5.69 Å². The molecular weight excluding hydrogens is 506 g/mol. The molecular formula is C30H41N7O3. The van der Waals surface area contributed by atoms with E-state index in [4.69, 9.17) is 9.84 Å². The third-order valence-electron chi connectivity index (χ3n) is 6.52. The first-order chi connectivity index (χ1) is 18.8. The Bertz CT molecular complexity index is 1310. The fourth-order valence-corrected chi connectivity index (χ4v) is 4.29. The fraction of sp³-hybridized carbons (Fsp3) is 0.467. The molecule has 0 bridgehead atoms. The number of nitrogens with zero attached hydrogens (tertiary/aromatic N) is 4. The van der Waals surface area contributed by atoms with Crippen LogP contribution in [0.4, 0.5) is 26.9 Å². The van der Waals surface area contributed by atoms with Crippen LogP contribution in [0.2, 0.25) is 0 Å².